The lowest BCUT2D eigenvalue weighted by atomic mass is 10.1. The molecule has 1 fully saturated rings. The molecule has 0 saturated heterocycles. The molecule has 1 aliphatic rings. The maximum atomic E-state index is 10.0. The zero-order valence-electron chi connectivity index (χ0n) is 15.4. The Hall–Kier alpha value is -0.530. The highest BCUT2D eigenvalue weighted by molar-refractivity contribution is 5.66. The summed E-state index contributed by atoms with van der Waals surface area (Å²) in [4.78, 5) is 10.0. The lowest BCUT2D eigenvalue weighted by molar-refractivity contribution is -0.137. The molecule has 1 saturated carbocycles. The van der Waals surface area contributed by atoms with Crippen molar-refractivity contribution in [2.24, 2.45) is 11.8 Å². The van der Waals surface area contributed by atoms with Crippen LogP contribution in [-0.2, 0) is 4.79 Å². The van der Waals surface area contributed by atoms with Crippen LogP contribution in [0.4, 0.5) is 0 Å². The van der Waals surface area contributed by atoms with E-state index in [1.54, 1.807) is 0 Å². The summed E-state index contributed by atoms with van der Waals surface area (Å²) in [6.07, 6.45) is 17.7. The SMILES string of the molecule is CCCCCCCC(=O)O.CCCCCCCCC1CC1C. The second kappa shape index (κ2) is 15.4. The smallest absolute Gasteiger partial charge is 0.303 e. The molecule has 0 spiro atoms. The highest BCUT2D eigenvalue weighted by Gasteiger charge is 2.31. The lowest BCUT2D eigenvalue weighted by Crippen LogP contribution is -1.93. The molecule has 0 radical (unpaired) electrons. The third-order valence-corrected chi connectivity index (χ3v) is 4.70. The normalized spacial score (nSPS) is 19.4. The van der Waals surface area contributed by atoms with Crippen molar-refractivity contribution in [1.29, 1.82) is 0 Å². The maximum absolute atomic E-state index is 10.0. The highest BCUT2D eigenvalue weighted by Crippen LogP contribution is 2.41. The molecule has 1 N–H and O–H groups in total. The van der Waals surface area contributed by atoms with Crippen LogP contribution in [0.25, 0.3) is 0 Å². The van der Waals surface area contributed by atoms with Gasteiger partial charge in [0.15, 0.2) is 0 Å². The van der Waals surface area contributed by atoms with Crippen molar-refractivity contribution in [2.45, 2.75) is 111 Å². The first-order valence-electron chi connectivity index (χ1n) is 9.83. The summed E-state index contributed by atoms with van der Waals surface area (Å²) < 4.78 is 0. The van der Waals surface area contributed by atoms with Crippen molar-refractivity contribution in [2.75, 3.05) is 0 Å². The molecule has 1 rings (SSSR count). The Balaban J connectivity index is 0.000000409. The Bertz CT molecular complexity index is 250. The van der Waals surface area contributed by atoms with E-state index in [-0.39, 0.29) is 0 Å². The molecule has 0 aromatic rings. The molecule has 0 aromatic heterocycles. The molecule has 22 heavy (non-hydrogen) atoms. The minimum atomic E-state index is -0.670. The number of carbonyl (C=O) groups is 1. The Morgan fingerprint density at radius 3 is 1.77 bits per heavy atom. The van der Waals surface area contributed by atoms with Crippen LogP contribution in [0.15, 0.2) is 0 Å². The van der Waals surface area contributed by atoms with Gasteiger partial charge in [0, 0.05) is 6.42 Å². The van der Waals surface area contributed by atoms with Crippen molar-refractivity contribution < 1.29 is 9.90 Å². The molecule has 2 nitrogen and oxygen atoms in total. The zero-order chi connectivity index (χ0) is 16.6. The number of aliphatic carboxylic acids is 1. The molecule has 0 amide bonds. The standard InChI is InChI=1S/C12H24.C8H16O2/c1-3-4-5-6-7-8-9-12-10-11(12)2;1-2-3-4-5-6-7-8(9)10/h11-12H,3-10H2,1-2H3;2-7H2,1H3,(H,9,10). The molecule has 2 atom stereocenters. The van der Waals surface area contributed by atoms with E-state index in [2.05, 4.69) is 20.8 Å². The maximum Gasteiger partial charge on any atom is 0.303 e. The van der Waals surface area contributed by atoms with Crippen LogP contribution in [0.3, 0.4) is 0 Å². The predicted molar refractivity (Wildman–Crippen MR) is 96.3 cm³/mol. The summed E-state index contributed by atoms with van der Waals surface area (Å²) in [6, 6.07) is 0. The molecular weight excluding hydrogens is 272 g/mol. The van der Waals surface area contributed by atoms with Gasteiger partial charge in [-0.3, -0.25) is 4.79 Å². The van der Waals surface area contributed by atoms with Crippen LogP contribution in [0.5, 0.6) is 0 Å². The largest absolute Gasteiger partial charge is 0.481 e. The Morgan fingerprint density at radius 2 is 1.32 bits per heavy atom. The fourth-order valence-electron chi connectivity index (χ4n) is 2.87. The molecule has 1 aliphatic carbocycles. The van der Waals surface area contributed by atoms with Gasteiger partial charge in [-0.2, -0.15) is 0 Å². The summed E-state index contributed by atoms with van der Waals surface area (Å²) in [6.45, 7) is 6.82. The number of carboxylic acids is 1. The molecule has 2 unspecified atom stereocenters. The van der Waals surface area contributed by atoms with Gasteiger partial charge < -0.3 is 5.11 Å². The molecule has 132 valence electrons. The second-order valence-corrected chi connectivity index (χ2v) is 7.09. The monoisotopic (exact) mass is 312 g/mol. The van der Waals surface area contributed by atoms with Gasteiger partial charge in [0.25, 0.3) is 0 Å². The first-order valence-corrected chi connectivity index (χ1v) is 9.83. The van der Waals surface area contributed by atoms with Crippen molar-refractivity contribution in [3.8, 4) is 0 Å². The first-order chi connectivity index (χ1) is 10.6. The number of hydrogen-bond donors (Lipinski definition) is 1. The average molecular weight is 313 g/mol. The van der Waals surface area contributed by atoms with Gasteiger partial charge in [-0.1, -0.05) is 91.4 Å². The fourth-order valence-corrected chi connectivity index (χ4v) is 2.87. The van der Waals surface area contributed by atoms with Gasteiger partial charge in [0.05, 0.1) is 0 Å². The van der Waals surface area contributed by atoms with E-state index < -0.39 is 5.97 Å². The van der Waals surface area contributed by atoms with Crippen molar-refractivity contribution in [1.82, 2.24) is 0 Å². The van der Waals surface area contributed by atoms with E-state index >= 15 is 0 Å². The lowest BCUT2D eigenvalue weighted by Gasteiger charge is -1.99. The minimum Gasteiger partial charge on any atom is -0.481 e. The average Bonchev–Trinajstić information content (AvgIpc) is 3.18. The third-order valence-electron chi connectivity index (χ3n) is 4.70. The summed E-state index contributed by atoms with van der Waals surface area (Å²) in [5.74, 6) is 1.52. The highest BCUT2D eigenvalue weighted by atomic mass is 16.4. The van der Waals surface area contributed by atoms with Crippen LogP contribution in [0.2, 0.25) is 0 Å². The van der Waals surface area contributed by atoms with Gasteiger partial charge in [-0.05, 0) is 24.7 Å². The first kappa shape index (κ1) is 21.5. The van der Waals surface area contributed by atoms with Crippen LogP contribution in [-0.4, -0.2) is 11.1 Å². The number of rotatable bonds is 13. The van der Waals surface area contributed by atoms with E-state index in [9.17, 15) is 4.79 Å². The fraction of sp³-hybridized carbons (Fsp3) is 0.950. The van der Waals surface area contributed by atoms with E-state index in [1.165, 1.54) is 70.6 Å². The minimum absolute atomic E-state index is 0.337. The molecule has 0 heterocycles. The van der Waals surface area contributed by atoms with Crippen molar-refractivity contribution in [3.05, 3.63) is 0 Å². The van der Waals surface area contributed by atoms with Crippen molar-refractivity contribution >= 4 is 5.97 Å². The van der Waals surface area contributed by atoms with Gasteiger partial charge in [-0.25, -0.2) is 0 Å². The molecule has 0 aromatic carbocycles. The summed E-state index contributed by atoms with van der Waals surface area (Å²) in [5, 5.41) is 8.27. The van der Waals surface area contributed by atoms with Crippen LogP contribution >= 0.6 is 0 Å². The zero-order valence-corrected chi connectivity index (χ0v) is 15.4. The van der Waals surface area contributed by atoms with Crippen LogP contribution in [0, 0.1) is 11.8 Å². The van der Waals surface area contributed by atoms with Gasteiger partial charge in [0.2, 0.25) is 0 Å². The van der Waals surface area contributed by atoms with E-state index in [0.717, 1.165) is 24.7 Å². The van der Waals surface area contributed by atoms with E-state index in [1.807, 2.05) is 0 Å². The quantitative estimate of drug-likeness (QED) is 0.379. The van der Waals surface area contributed by atoms with E-state index in [4.69, 9.17) is 5.11 Å². The van der Waals surface area contributed by atoms with E-state index in [0.29, 0.717) is 6.42 Å². The predicted octanol–water partition coefficient (Wildman–Crippen LogP) is 6.82. The van der Waals surface area contributed by atoms with Crippen LogP contribution in [0.1, 0.15) is 111 Å². The Kier molecular flexibility index (Phi) is 15.0. The van der Waals surface area contributed by atoms with Gasteiger partial charge in [0.1, 0.15) is 0 Å². The summed E-state index contributed by atoms with van der Waals surface area (Å²) >= 11 is 0. The second-order valence-electron chi connectivity index (χ2n) is 7.09. The summed E-state index contributed by atoms with van der Waals surface area (Å²) in [5.41, 5.74) is 0. The van der Waals surface area contributed by atoms with Gasteiger partial charge in [-0.15, -0.1) is 0 Å². The Labute approximate surface area is 139 Å². The van der Waals surface area contributed by atoms with Crippen LogP contribution < -0.4 is 0 Å². The number of carboxylic acid groups (broad SMARTS) is 1. The summed E-state index contributed by atoms with van der Waals surface area (Å²) in [7, 11) is 0. The Morgan fingerprint density at radius 1 is 0.864 bits per heavy atom. The molecule has 0 bridgehead atoms. The number of unbranched alkanes of at least 4 members (excludes halogenated alkanes) is 9. The topological polar surface area (TPSA) is 37.3 Å². The number of hydrogen-bond acceptors (Lipinski definition) is 1. The molecule has 2 heteroatoms. The van der Waals surface area contributed by atoms with Gasteiger partial charge >= 0.3 is 5.97 Å². The molecule has 0 aliphatic heterocycles. The molecular formula is C20H40O2. The third kappa shape index (κ3) is 15.9. The van der Waals surface area contributed by atoms with Crippen molar-refractivity contribution in [3.63, 3.8) is 0 Å².